The fourth-order valence-electron chi connectivity index (χ4n) is 4.18. The van der Waals surface area contributed by atoms with E-state index in [1.165, 1.54) is 11.1 Å². The van der Waals surface area contributed by atoms with Gasteiger partial charge in [0.05, 0.1) is 6.54 Å². The summed E-state index contributed by atoms with van der Waals surface area (Å²) in [5, 5.41) is 5.33. The fourth-order valence-corrected chi connectivity index (χ4v) is 4.18. The number of piperidine rings is 1. The Bertz CT molecular complexity index is 988. The topological polar surface area (TPSA) is 41.6 Å². The summed E-state index contributed by atoms with van der Waals surface area (Å²) in [6.45, 7) is 6.09. The Labute approximate surface area is 178 Å². The van der Waals surface area contributed by atoms with Gasteiger partial charge in [-0.25, -0.2) is 0 Å². The van der Waals surface area contributed by atoms with Crippen molar-refractivity contribution in [3.63, 3.8) is 0 Å². The van der Waals surface area contributed by atoms with Crippen LogP contribution in [0, 0.1) is 12.8 Å². The summed E-state index contributed by atoms with van der Waals surface area (Å²) >= 11 is 0. The van der Waals surface area contributed by atoms with Crippen molar-refractivity contribution in [3.8, 4) is 5.75 Å². The van der Waals surface area contributed by atoms with E-state index in [1.807, 2.05) is 24.3 Å². The van der Waals surface area contributed by atoms with Crippen molar-refractivity contribution in [3.05, 3.63) is 77.9 Å². The number of ether oxygens (including phenoxy) is 1. The van der Waals surface area contributed by atoms with E-state index >= 15 is 0 Å². The second-order valence-electron chi connectivity index (χ2n) is 8.09. The highest BCUT2D eigenvalue weighted by Crippen LogP contribution is 2.25. The van der Waals surface area contributed by atoms with Crippen LogP contribution in [0.5, 0.6) is 5.75 Å². The van der Waals surface area contributed by atoms with Gasteiger partial charge in [0.2, 0.25) is 5.91 Å². The quantitative estimate of drug-likeness (QED) is 0.589. The molecule has 1 heterocycles. The summed E-state index contributed by atoms with van der Waals surface area (Å²) in [6, 6.07) is 22.8. The molecule has 1 amide bonds. The number of carbonyl (C=O) groups is 1. The summed E-state index contributed by atoms with van der Waals surface area (Å²) in [5.41, 5.74) is 2.72. The lowest BCUT2D eigenvalue weighted by atomic mass is 9.95. The van der Waals surface area contributed by atoms with E-state index in [0.29, 0.717) is 13.2 Å². The number of hydrogen-bond donors (Lipinski definition) is 1. The Balaban J connectivity index is 1.19. The van der Waals surface area contributed by atoms with Gasteiger partial charge in [-0.05, 0) is 55.4 Å². The lowest BCUT2D eigenvalue weighted by molar-refractivity contribution is -0.126. The monoisotopic (exact) mass is 402 g/mol. The first-order valence-electron chi connectivity index (χ1n) is 10.9. The van der Waals surface area contributed by atoms with Crippen molar-refractivity contribution in [1.82, 2.24) is 10.2 Å². The number of benzene rings is 3. The highest BCUT2D eigenvalue weighted by Gasteiger charge is 2.24. The molecule has 1 saturated heterocycles. The van der Waals surface area contributed by atoms with E-state index in [2.05, 4.69) is 59.6 Å². The predicted molar refractivity (Wildman–Crippen MR) is 122 cm³/mol. The zero-order valence-corrected chi connectivity index (χ0v) is 17.6. The number of rotatable bonds is 7. The third-order valence-electron chi connectivity index (χ3n) is 6.02. The van der Waals surface area contributed by atoms with Gasteiger partial charge in [-0.15, -0.1) is 0 Å². The number of nitrogens with one attached hydrogen (secondary N) is 1. The highest BCUT2D eigenvalue weighted by atomic mass is 16.5. The largest absolute Gasteiger partial charge is 0.491 e. The van der Waals surface area contributed by atoms with Gasteiger partial charge < -0.3 is 10.1 Å². The predicted octanol–water partition coefficient (Wildman–Crippen LogP) is 4.56. The molecule has 1 aliphatic rings. The van der Waals surface area contributed by atoms with Gasteiger partial charge in [-0.3, -0.25) is 9.69 Å². The summed E-state index contributed by atoms with van der Waals surface area (Å²) < 4.78 is 5.93. The molecule has 3 aromatic carbocycles. The van der Waals surface area contributed by atoms with E-state index in [0.717, 1.165) is 49.0 Å². The van der Waals surface area contributed by atoms with Gasteiger partial charge in [0.15, 0.2) is 0 Å². The van der Waals surface area contributed by atoms with Gasteiger partial charge in [-0.2, -0.15) is 0 Å². The number of amides is 1. The normalized spacial score (nSPS) is 15.2. The first-order chi connectivity index (χ1) is 14.7. The minimum absolute atomic E-state index is 0.107. The van der Waals surface area contributed by atoms with Crippen LogP contribution in [-0.2, 0) is 11.3 Å². The molecule has 4 heteroatoms. The molecular weight excluding hydrogens is 372 g/mol. The van der Waals surface area contributed by atoms with Crippen LogP contribution >= 0.6 is 0 Å². The first-order valence-corrected chi connectivity index (χ1v) is 10.9. The number of aryl methyl sites for hydroxylation is 1. The summed E-state index contributed by atoms with van der Waals surface area (Å²) in [4.78, 5) is 15.0. The average Bonchev–Trinajstić information content (AvgIpc) is 2.79. The number of carbonyl (C=O) groups excluding carboxylic acids is 1. The summed E-state index contributed by atoms with van der Waals surface area (Å²) in [5.74, 6) is 1.13. The van der Waals surface area contributed by atoms with Crippen molar-refractivity contribution in [1.29, 1.82) is 0 Å². The lowest BCUT2D eigenvalue weighted by Crippen LogP contribution is -2.41. The van der Waals surface area contributed by atoms with Crippen molar-refractivity contribution >= 4 is 16.7 Å². The maximum atomic E-state index is 12.6. The van der Waals surface area contributed by atoms with Crippen molar-refractivity contribution in [2.24, 2.45) is 5.92 Å². The fraction of sp³-hybridized carbons (Fsp3) is 0.346. The number of nitrogens with zero attached hydrogens (tertiary/aromatic N) is 1. The second-order valence-corrected chi connectivity index (χ2v) is 8.09. The molecule has 0 aliphatic carbocycles. The standard InChI is InChI=1S/C26H30N2O2/c1-20-7-2-3-9-23(20)19-28-16-13-22(14-17-28)26(29)27-15-18-30-25-12-6-10-21-8-4-5-11-24(21)25/h2-12,22H,13-19H2,1H3,(H,27,29). The molecular formula is C26H30N2O2. The minimum atomic E-state index is 0.107. The third kappa shape index (κ3) is 5.00. The molecule has 4 rings (SSSR count). The van der Waals surface area contributed by atoms with Crippen LogP contribution < -0.4 is 10.1 Å². The van der Waals surface area contributed by atoms with E-state index in [1.54, 1.807) is 0 Å². The zero-order valence-electron chi connectivity index (χ0n) is 17.6. The smallest absolute Gasteiger partial charge is 0.223 e. The molecule has 0 atom stereocenters. The highest BCUT2D eigenvalue weighted by molar-refractivity contribution is 5.88. The molecule has 4 nitrogen and oxygen atoms in total. The summed E-state index contributed by atoms with van der Waals surface area (Å²) in [7, 11) is 0. The molecule has 0 saturated carbocycles. The van der Waals surface area contributed by atoms with Crippen LogP contribution in [0.1, 0.15) is 24.0 Å². The van der Waals surface area contributed by atoms with Gasteiger partial charge in [0.25, 0.3) is 0 Å². The maximum Gasteiger partial charge on any atom is 0.223 e. The number of fused-ring (bicyclic) bond motifs is 1. The molecule has 3 aromatic rings. The molecule has 0 bridgehead atoms. The van der Waals surface area contributed by atoms with Gasteiger partial charge in [0, 0.05) is 17.8 Å². The molecule has 1 fully saturated rings. The van der Waals surface area contributed by atoms with Gasteiger partial charge in [-0.1, -0.05) is 60.7 Å². The van der Waals surface area contributed by atoms with Gasteiger partial charge in [0.1, 0.15) is 12.4 Å². The molecule has 0 aromatic heterocycles. The maximum absolute atomic E-state index is 12.6. The van der Waals surface area contributed by atoms with Crippen LogP contribution in [0.2, 0.25) is 0 Å². The van der Waals surface area contributed by atoms with Crippen molar-refractivity contribution in [2.75, 3.05) is 26.2 Å². The molecule has 30 heavy (non-hydrogen) atoms. The van der Waals surface area contributed by atoms with E-state index < -0.39 is 0 Å². The molecule has 0 radical (unpaired) electrons. The molecule has 156 valence electrons. The summed E-state index contributed by atoms with van der Waals surface area (Å²) in [6.07, 6.45) is 1.84. The molecule has 1 aliphatic heterocycles. The second kappa shape index (κ2) is 9.77. The van der Waals surface area contributed by atoms with Crippen LogP contribution in [0.15, 0.2) is 66.7 Å². The van der Waals surface area contributed by atoms with Crippen molar-refractivity contribution in [2.45, 2.75) is 26.3 Å². The number of likely N-dealkylation sites (tertiary alicyclic amines) is 1. The Morgan fingerprint density at radius 3 is 2.57 bits per heavy atom. The van der Waals surface area contributed by atoms with E-state index in [-0.39, 0.29) is 11.8 Å². The van der Waals surface area contributed by atoms with Crippen LogP contribution in [0.4, 0.5) is 0 Å². The van der Waals surface area contributed by atoms with Crippen LogP contribution in [-0.4, -0.2) is 37.0 Å². The Kier molecular flexibility index (Phi) is 6.65. The van der Waals surface area contributed by atoms with E-state index in [9.17, 15) is 4.79 Å². The average molecular weight is 403 g/mol. The molecule has 0 unspecified atom stereocenters. The van der Waals surface area contributed by atoms with Crippen molar-refractivity contribution < 1.29 is 9.53 Å². The van der Waals surface area contributed by atoms with Crippen LogP contribution in [0.3, 0.4) is 0 Å². The molecule has 0 spiro atoms. The number of hydrogen-bond acceptors (Lipinski definition) is 3. The third-order valence-corrected chi connectivity index (χ3v) is 6.02. The Morgan fingerprint density at radius 1 is 1.00 bits per heavy atom. The first kappa shape index (κ1) is 20.4. The lowest BCUT2D eigenvalue weighted by Gasteiger charge is -2.31. The molecule has 1 N–H and O–H groups in total. The minimum Gasteiger partial charge on any atom is -0.491 e. The van der Waals surface area contributed by atoms with Crippen LogP contribution in [0.25, 0.3) is 10.8 Å². The van der Waals surface area contributed by atoms with Gasteiger partial charge >= 0.3 is 0 Å². The Morgan fingerprint density at radius 2 is 1.73 bits per heavy atom. The van der Waals surface area contributed by atoms with E-state index in [4.69, 9.17) is 4.74 Å². The SMILES string of the molecule is Cc1ccccc1CN1CCC(C(=O)NCCOc2cccc3ccccc23)CC1. The Hall–Kier alpha value is -2.85. The zero-order chi connectivity index (χ0) is 20.8.